The Hall–Kier alpha value is -4.50. The molecule has 3 aromatic carbocycles. The lowest BCUT2D eigenvalue weighted by molar-refractivity contribution is -0.123. The van der Waals surface area contributed by atoms with E-state index in [1.54, 1.807) is 36.4 Å². The fourth-order valence-corrected chi connectivity index (χ4v) is 3.72. The Kier molecular flexibility index (Phi) is 6.61. The van der Waals surface area contributed by atoms with E-state index in [0.29, 0.717) is 0 Å². The predicted octanol–water partition coefficient (Wildman–Crippen LogP) is 3.26. The molecule has 0 saturated carbocycles. The molecule has 35 heavy (non-hydrogen) atoms. The summed E-state index contributed by atoms with van der Waals surface area (Å²) < 4.78 is 10.0. The second-order valence-electron chi connectivity index (χ2n) is 7.31. The number of ether oxygens (including phenoxy) is 2. The molecule has 4 amide bonds. The molecule has 3 aromatic rings. The van der Waals surface area contributed by atoms with Crippen molar-refractivity contribution < 1.29 is 33.4 Å². The van der Waals surface area contributed by atoms with Crippen molar-refractivity contribution in [1.29, 1.82) is 0 Å². The number of nitrogens with one attached hydrogen (secondary N) is 1. The standard InChI is InChI=1S/C25H17ClN2O7/c1-34-20-9-5-2-6-16(20)22(30)27-21(29)13-35-25(33)14-10-11-15-17(12-14)24(32)28(23(15)31)19-8-4-3-7-18(19)26/h2-12H,13H2,1H3,(H,27,29,30). The van der Waals surface area contributed by atoms with E-state index in [1.807, 2.05) is 0 Å². The van der Waals surface area contributed by atoms with Gasteiger partial charge in [-0.1, -0.05) is 35.9 Å². The molecule has 1 N–H and O–H groups in total. The molecule has 0 aliphatic carbocycles. The first-order chi connectivity index (χ1) is 16.8. The Balaban J connectivity index is 1.43. The number of hydrogen-bond acceptors (Lipinski definition) is 7. The Morgan fingerprint density at radius 1 is 0.914 bits per heavy atom. The minimum atomic E-state index is -0.913. The molecule has 0 unspecified atom stereocenters. The van der Waals surface area contributed by atoms with E-state index >= 15 is 0 Å². The van der Waals surface area contributed by atoms with Crippen LogP contribution in [0.25, 0.3) is 0 Å². The third kappa shape index (κ3) is 4.62. The Labute approximate surface area is 204 Å². The molecule has 10 heteroatoms. The first kappa shape index (κ1) is 23.7. The Morgan fingerprint density at radius 2 is 1.60 bits per heavy atom. The number of carbonyl (C=O) groups is 5. The summed E-state index contributed by atoms with van der Waals surface area (Å²) in [5, 5.41) is 2.33. The van der Waals surface area contributed by atoms with Crippen LogP contribution in [0.4, 0.5) is 5.69 Å². The fraction of sp³-hybridized carbons (Fsp3) is 0.0800. The molecule has 0 atom stereocenters. The average molecular weight is 493 g/mol. The summed E-state index contributed by atoms with van der Waals surface area (Å²) in [6, 6.07) is 16.5. The van der Waals surface area contributed by atoms with Gasteiger partial charge in [0.1, 0.15) is 5.75 Å². The van der Waals surface area contributed by atoms with Crippen LogP contribution < -0.4 is 15.0 Å². The molecule has 0 bridgehead atoms. The zero-order valence-corrected chi connectivity index (χ0v) is 19.0. The number of halogens is 1. The summed E-state index contributed by atoms with van der Waals surface area (Å²) in [5.74, 6) is -3.43. The third-order valence-electron chi connectivity index (χ3n) is 5.15. The maximum Gasteiger partial charge on any atom is 0.338 e. The van der Waals surface area contributed by atoms with Crippen molar-refractivity contribution in [2.45, 2.75) is 0 Å². The number of carbonyl (C=O) groups excluding carboxylic acids is 5. The highest BCUT2D eigenvalue weighted by molar-refractivity contribution is 6.39. The largest absolute Gasteiger partial charge is 0.496 e. The lowest BCUT2D eigenvalue weighted by Gasteiger charge is -2.15. The smallest absolute Gasteiger partial charge is 0.338 e. The van der Waals surface area contributed by atoms with Crippen molar-refractivity contribution in [1.82, 2.24) is 5.32 Å². The fourth-order valence-electron chi connectivity index (χ4n) is 3.50. The highest BCUT2D eigenvalue weighted by Gasteiger charge is 2.38. The molecule has 0 fully saturated rings. The number of fused-ring (bicyclic) bond motifs is 1. The first-order valence-electron chi connectivity index (χ1n) is 10.2. The molecule has 4 rings (SSSR count). The van der Waals surface area contributed by atoms with Crippen LogP contribution in [0.5, 0.6) is 5.75 Å². The minimum Gasteiger partial charge on any atom is -0.496 e. The van der Waals surface area contributed by atoms with Gasteiger partial charge >= 0.3 is 5.97 Å². The maximum atomic E-state index is 12.9. The lowest BCUT2D eigenvalue weighted by Crippen LogP contribution is -2.34. The van der Waals surface area contributed by atoms with Crippen LogP contribution in [-0.2, 0) is 9.53 Å². The molecule has 1 aliphatic heterocycles. The van der Waals surface area contributed by atoms with Crippen molar-refractivity contribution in [3.05, 3.63) is 94.0 Å². The topological polar surface area (TPSA) is 119 Å². The number of methoxy groups -OCH3 is 1. The summed E-state index contributed by atoms with van der Waals surface area (Å²) in [7, 11) is 1.39. The molecular formula is C25H17ClN2O7. The van der Waals surface area contributed by atoms with Gasteiger partial charge in [-0.3, -0.25) is 24.5 Å². The zero-order valence-electron chi connectivity index (χ0n) is 18.2. The van der Waals surface area contributed by atoms with Crippen LogP contribution in [0, 0.1) is 0 Å². The average Bonchev–Trinajstić information content (AvgIpc) is 3.11. The van der Waals surface area contributed by atoms with E-state index < -0.39 is 36.2 Å². The summed E-state index contributed by atoms with van der Waals surface area (Å²) in [4.78, 5) is 63.4. The van der Waals surface area contributed by atoms with Gasteiger partial charge in [0.25, 0.3) is 23.6 Å². The number of nitrogens with zero attached hydrogens (tertiary/aromatic N) is 1. The van der Waals surface area contributed by atoms with Crippen molar-refractivity contribution in [2.24, 2.45) is 0 Å². The quantitative estimate of drug-likeness (QED) is 0.414. The van der Waals surface area contributed by atoms with Crippen LogP contribution in [0.3, 0.4) is 0 Å². The molecule has 9 nitrogen and oxygen atoms in total. The number of benzene rings is 3. The summed E-state index contributed by atoms with van der Waals surface area (Å²) in [5.41, 5.74) is 0.419. The third-order valence-corrected chi connectivity index (χ3v) is 5.47. The number of anilines is 1. The van der Waals surface area contributed by atoms with Crippen LogP contribution >= 0.6 is 11.6 Å². The van der Waals surface area contributed by atoms with E-state index in [9.17, 15) is 24.0 Å². The number of rotatable bonds is 6. The van der Waals surface area contributed by atoms with Gasteiger partial charge in [0, 0.05) is 0 Å². The summed E-state index contributed by atoms with van der Waals surface area (Å²) in [6.45, 7) is -0.741. The van der Waals surface area contributed by atoms with Crippen LogP contribution in [0.1, 0.15) is 41.4 Å². The molecule has 1 aliphatic rings. The van der Waals surface area contributed by atoms with Gasteiger partial charge in [-0.25, -0.2) is 9.69 Å². The summed E-state index contributed by atoms with van der Waals surface area (Å²) in [6.07, 6.45) is 0. The van der Waals surface area contributed by atoms with Crippen molar-refractivity contribution >= 4 is 46.9 Å². The first-order valence-corrected chi connectivity index (χ1v) is 10.6. The molecule has 0 saturated heterocycles. The van der Waals surface area contributed by atoms with Crippen molar-refractivity contribution in [2.75, 3.05) is 18.6 Å². The Morgan fingerprint density at radius 3 is 2.34 bits per heavy atom. The van der Waals surface area contributed by atoms with Gasteiger partial charge < -0.3 is 9.47 Å². The number of esters is 1. The highest BCUT2D eigenvalue weighted by atomic mass is 35.5. The molecule has 0 aromatic heterocycles. The van der Waals surface area contributed by atoms with Crippen molar-refractivity contribution in [3.8, 4) is 5.75 Å². The number of para-hydroxylation sites is 2. The SMILES string of the molecule is COc1ccccc1C(=O)NC(=O)COC(=O)c1ccc2c(c1)C(=O)N(c1ccccc1Cl)C2=O. The highest BCUT2D eigenvalue weighted by Crippen LogP contribution is 2.33. The van der Waals surface area contributed by atoms with Crippen LogP contribution in [0.2, 0.25) is 5.02 Å². The number of amides is 4. The monoisotopic (exact) mass is 492 g/mol. The molecule has 0 radical (unpaired) electrons. The lowest BCUT2D eigenvalue weighted by atomic mass is 10.1. The normalized spacial score (nSPS) is 12.2. The summed E-state index contributed by atoms with van der Waals surface area (Å²) >= 11 is 6.13. The van der Waals surface area contributed by atoms with Crippen molar-refractivity contribution in [3.63, 3.8) is 0 Å². The van der Waals surface area contributed by atoms with E-state index in [4.69, 9.17) is 21.1 Å². The van der Waals surface area contributed by atoms with Gasteiger partial charge in [0.15, 0.2) is 6.61 Å². The predicted molar refractivity (Wildman–Crippen MR) is 125 cm³/mol. The Bertz CT molecular complexity index is 1390. The van der Waals surface area contributed by atoms with Crippen LogP contribution in [-0.4, -0.2) is 43.3 Å². The zero-order chi connectivity index (χ0) is 25.1. The van der Waals surface area contributed by atoms with Gasteiger partial charge in [-0.2, -0.15) is 0 Å². The molecule has 176 valence electrons. The number of hydrogen-bond donors (Lipinski definition) is 1. The van der Waals surface area contributed by atoms with Gasteiger partial charge in [0.2, 0.25) is 0 Å². The van der Waals surface area contributed by atoms with Crippen LogP contribution in [0.15, 0.2) is 66.7 Å². The van der Waals surface area contributed by atoms with Gasteiger partial charge in [-0.05, 0) is 42.5 Å². The molecular weight excluding hydrogens is 476 g/mol. The second kappa shape index (κ2) is 9.78. The maximum absolute atomic E-state index is 12.9. The second-order valence-corrected chi connectivity index (χ2v) is 7.72. The molecule has 0 spiro atoms. The van der Waals surface area contributed by atoms with E-state index in [0.717, 1.165) is 4.90 Å². The van der Waals surface area contributed by atoms with Gasteiger partial charge in [0.05, 0.1) is 40.1 Å². The van der Waals surface area contributed by atoms with E-state index in [2.05, 4.69) is 5.32 Å². The van der Waals surface area contributed by atoms with E-state index in [-0.39, 0.29) is 38.7 Å². The van der Waals surface area contributed by atoms with E-state index in [1.165, 1.54) is 37.4 Å². The number of imide groups is 2. The molecule has 1 heterocycles. The minimum absolute atomic E-state index is 0.000159. The van der Waals surface area contributed by atoms with Gasteiger partial charge in [-0.15, -0.1) is 0 Å².